The largest absolute Gasteiger partial charge is 0.480 e. The number of carbonyl (C=O) groups is 5. The van der Waals surface area contributed by atoms with E-state index in [9.17, 15) is 29.1 Å². The molecule has 2 heterocycles. The molecule has 0 bridgehead atoms. The SMILES string of the molecule is CC(C)[C@H](NC(=O)[C@@H]1CCCN1C(=O)[C@H](CCCCN)NC(=O)CNC(=O)[C@@H](N)Cc1c[nH]c2ccccc12)C(=O)O. The monoisotopic (exact) mass is 585 g/mol. The number of nitrogens with zero attached hydrogens (tertiary/aromatic N) is 1. The van der Waals surface area contributed by atoms with Crippen molar-refractivity contribution in [1.29, 1.82) is 0 Å². The highest BCUT2D eigenvalue weighted by Crippen LogP contribution is 2.21. The molecule has 0 saturated carbocycles. The minimum absolute atomic E-state index is 0.273. The van der Waals surface area contributed by atoms with E-state index >= 15 is 0 Å². The van der Waals surface area contributed by atoms with Crippen LogP contribution in [0.25, 0.3) is 10.9 Å². The lowest BCUT2D eigenvalue weighted by Gasteiger charge is -2.30. The second-order valence-electron chi connectivity index (χ2n) is 11.1. The quantitative estimate of drug-likeness (QED) is 0.141. The molecular weight excluding hydrogens is 542 g/mol. The van der Waals surface area contributed by atoms with Crippen LogP contribution in [0.5, 0.6) is 0 Å². The smallest absolute Gasteiger partial charge is 0.326 e. The molecular formula is C29H43N7O6. The summed E-state index contributed by atoms with van der Waals surface area (Å²) in [5, 5.41) is 18.2. The minimum atomic E-state index is -1.15. The molecule has 42 heavy (non-hydrogen) atoms. The molecule has 9 N–H and O–H groups in total. The highest BCUT2D eigenvalue weighted by Gasteiger charge is 2.39. The van der Waals surface area contributed by atoms with Crippen molar-refractivity contribution < 1.29 is 29.1 Å². The van der Waals surface area contributed by atoms with Gasteiger partial charge in [-0.15, -0.1) is 0 Å². The van der Waals surface area contributed by atoms with E-state index in [1.54, 1.807) is 20.0 Å². The van der Waals surface area contributed by atoms with E-state index in [4.69, 9.17) is 11.5 Å². The first-order valence-corrected chi connectivity index (χ1v) is 14.4. The van der Waals surface area contributed by atoms with Crippen LogP contribution < -0.4 is 27.4 Å². The Bertz CT molecular complexity index is 1260. The third-order valence-corrected chi connectivity index (χ3v) is 7.52. The fourth-order valence-corrected chi connectivity index (χ4v) is 5.19. The molecule has 2 aromatic rings. The van der Waals surface area contributed by atoms with E-state index in [1.807, 2.05) is 24.3 Å². The zero-order valence-corrected chi connectivity index (χ0v) is 24.2. The second-order valence-corrected chi connectivity index (χ2v) is 11.1. The maximum Gasteiger partial charge on any atom is 0.326 e. The number of benzene rings is 1. The van der Waals surface area contributed by atoms with Crippen molar-refractivity contribution in [1.82, 2.24) is 25.8 Å². The number of carbonyl (C=O) groups excluding carboxylic acids is 4. The fourth-order valence-electron chi connectivity index (χ4n) is 5.19. The standard InChI is InChI=1S/C29H43N7O6/c1-17(2)25(29(41)42)35-27(39)23-11-7-13-36(23)28(40)22(10-5-6-12-30)34-24(37)16-33-26(38)20(31)14-18-15-32-21-9-4-3-8-19(18)21/h3-4,8-9,15,17,20,22-23,25,32H,5-7,10-14,16,30-31H2,1-2H3,(H,33,38)(H,34,37)(H,35,39)(H,41,42)/t20-,22-,23-,25-/m0/s1. The fraction of sp³-hybridized carbons (Fsp3) is 0.552. The molecule has 1 fully saturated rings. The maximum atomic E-state index is 13.5. The predicted octanol–water partition coefficient (Wildman–Crippen LogP) is -0.0159. The number of carboxylic acid groups (broad SMARTS) is 1. The lowest BCUT2D eigenvalue weighted by Crippen LogP contribution is -2.56. The molecule has 1 aliphatic heterocycles. The second kappa shape index (κ2) is 15.3. The zero-order chi connectivity index (χ0) is 30.8. The van der Waals surface area contributed by atoms with Crippen molar-refractivity contribution in [2.24, 2.45) is 17.4 Å². The molecule has 4 atom stereocenters. The Balaban J connectivity index is 1.59. The summed E-state index contributed by atoms with van der Waals surface area (Å²) >= 11 is 0. The Morgan fingerprint density at radius 1 is 1.12 bits per heavy atom. The van der Waals surface area contributed by atoms with Gasteiger partial charge in [-0.2, -0.15) is 0 Å². The maximum absolute atomic E-state index is 13.5. The van der Waals surface area contributed by atoms with Crippen LogP contribution in [0.2, 0.25) is 0 Å². The molecule has 0 spiro atoms. The number of fused-ring (bicyclic) bond motifs is 1. The molecule has 13 heteroatoms. The number of H-pyrrole nitrogens is 1. The van der Waals surface area contributed by atoms with E-state index < -0.39 is 53.8 Å². The third kappa shape index (κ3) is 8.52. The molecule has 1 aromatic carbocycles. The van der Waals surface area contributed by atoms with E-state index in [0.717, 1.165) is 16.5 Å². The third-order valence-electron chi connectivity index (χ3n) is 7.52. The van der Waals surface area contributed by atoms with Crippen LogP contribution in [0.15, 0.2) is 30.5 Å². The van der Waals surface area contributed by atoms with Gasteiger partial charge in [0.05, 0.1) is 12.6 Å². The van der Waals surface area contributed by atoms with Crippen LogP contribution in [0.4, 0.5) is 0 Å². The van der Waals surface area contributed by atoms with Crippen molar-refractivity contribution in [2.75, 3.05) is 19.6 Å². The summed E-state index contributed by atoms with van der Waals surface area (Å²) in [5.74, 6) is -3.53. The number of aromatic nitrogens is 1. The van der Waals surface area contributed by atoms with Crippen molar-refractivity contribution in [2.45, 2.75) is 76.5 Å². The van der Waals surface area contributed by atoms with E-state index in [-0.39, 0.29) is 18.9 Å². The van der Waals surface area contributed by atoms with Gasteiger partial charge in [-0.05, 0) is 62.6 Å². The Morgan fingerprint density at radius 3 is 2.55 bits per heavy atom. The first kappa shape index (κ1) is 32.5. The van der Waals surface area contributed by atoms with Crippen molar-refractivity contribution in [3.63, 3.8) is 0 Å². The molecule has 1 saturated heterocycles. The summed E-state index contributed by atoms with van der Waals surface area (Å²) in [7, 11) is 0. The molecule has 0 aliphatic carbocycles. The first-order chi connectivity index (χ1) is 20.0. The summed E-state index contributed by atoms with van der Waals surface area (Å²) in [6.07, 6.45) is 4.53. The number of aromatic amines is 1. The zero-order valence-electron chi connectivity index (χ0n) is 24.2. The molecule has 1 aliphatic rings. The van der Waals surface area contributed by atoms with Gasteiger partial charge in [0, 0.05) is 23.6 Å². The molecule has 13 nitrogen and oxygen atoms in total. The number of nitrogens with one attached hydrogen (secondary N) is 4. The van der Waals surface area contributed by atoms with Crippen LogP contribution in [-0.4, -0.2) is 88.4 Å². The lowest BCUT2D eigenvalue weighted by molar-refractivity contribution is -0.145. The van der Waals surface area contributed by atoms with Gasteiger partial charge in [-0.1, -0.05) is 32.0 Å². The number of amides is 4. The molecule has 1 aromatic heterocycles. The van der Waals surface area contributed by atoms with Gasteiger partial charge >= 0.3 is 5.97 Å². The van der Waals surface area contributed by atoms with E-state index in [2.05, 4.69) is 20.9 Å². The van der Waals surface area contributed by atoms with Gasteiger partial charge in [0.25, 0.3) is 0 Å². The van der Waals surface area contributed by atoms with Crippen molar-refractivity contribution in [3.8, 4) is 0 Å². The number of likely N-dealkylation sites (tertiary alicyclic amines) is 1. The molecule has 0 unspecified atom stereocenters. The number of unbranched alkanes of at least 4 members (excludes halogenated alkanes) is 1. The van der Waals surface area contributed by atoms with Gasteiger partial charge < -0.3 is 42.4 Å². The summed E-state index contributed by atoms with van der Waals surface area (Å²) < 4.78 is 0. The van der Waals surface area contributed by atoms with Crippen LogP contribution in [0.1, 0.15) is 51.5 Å². The number of hydrogen-bond acceptors (Lipinski definition) is 7. The Hall–Kier alpha value is -3.97. The summed E-state index contributed by atoms with van der Waals surface area (Å²) in [4.78, 5) is 68.1. The van der Waals surface area contributed by atoms with Crippen LogP contribution in [-0.2, 0) is 30.4 Å². The van der Waals surface area contributed by atoms with E-state index in [1.165, 1.54) is 4.90 Å². The van der Waals surface area contributed by atoms with Crippen LogP contribution in [0.3, 0.4) is 0 Å². The normalized spacial score (nSPS) is 17.1. The summed E-state index contributed by atoms with van der Waals surface area (Å²) in [6.45, 7) is 3.72. The van der Waals surface area contributed by atoms with Gasteiger partial charge in [0.2, 0.25) is 23.6 Å². The summed E-state index contributed by atoms with van der Waals surface area (Å²) in [6, 6.07) is 3.92. The van der Waals surface area contributed by atoms with Crippen LogP contribution in [0, 0.1) is 5.92 Å². The Morgan fingerprint density at radius 2 is 1.86 bits per heavy atom. The number of carboxylic acids is 1. The first-order valence-electron chi connectivity index (χ1n) is 14.4. The predicted molar refractivity (Wildman–Crippen MR) is 157 cm³/mol. The number of hydrogen-bond donors (Lipinski definition) is 7. The minimum Gasteiger partial charge on any atom is -0.480 e. The van der Waals surface area contributed by atoms with Gasteiger partial charge in [0.1, 0.15) is 18.1 Å². The molecule has 4 amide bonds. The average molecular weight is 586 g/mol. The average Bonchev–Trinajstić information content (AvgIpc) is 3.61. The lowest BCUT2D eigenvalue weighted by atomic mass is 10.0. The molecule has 0 radical (unpaired) electrons. The number of para-hydroxylation sites is 1. The Kier molecular flexibility index (Phi) is 11.9. The van der Waals surface area contributed by atoms with E-state index in [0.29, 0.717) is 45.2 Å². The highest BCUT2D eigenvalue weighted by atomic mass is 16.4. The number of aliphatic carboxylic acids is 1. The molecule has 3 rings (SSSR count). The van der Waals surface area contributed by atoms with Gasteiger partial charge in [0.15, 0.2) is 0 Å². The Labute approximate surface area is 245 Å². The van der Waals surface area contributed by atoms with Crippen molar-refractivity contribution in [3.05, 3.63) is 36.0 Å². The highest BCUT2D eigenvalue weighted by molar-refractivity contribution is 5.95. The molecule has 230 valence electrons. The summed E-state index contributed by atoms with van der Waals surface area (Å²) in [5.41, 5.74) is 13.5. The number of nitrogens with two attached hydrogens (primary N) is 2. The van der Waals surface area contributed by atoms with Gasteiger partial charge in [-0.3, -0.25) is 19.2 Å². The number of rotatable bonds is 15. The van der Waals surface area contributed by atoms with Crippen molar-refractivity contribution >= 4 is 40.5 Å². The topological polar surface area (TPSA) is 213 Å². The van der Waals surface area contributed by atoms with Gasteiger partial charge in [-0.25, -0.2) is 4.79 Å². The van der Waals surface area contributed by atoms with Crippen LogP contribution >= 0.6 is 0 Å².